The lowest BCUT2D eigenvalue weighted by atomic mass is 9.81. The quantitative estimate of drug-likeness (QED) is 0.391. The fourth-order valence-corrected chi connectivity index (χ4v) is 5.21. The van der Waals surface area contributed by atoms with Gasteiger partial charge in [-0.25, -0.2) is 19.9 Å². The molecule has 3 heterocycles. The average Bonchev–Trinajstić information content (AvgIpc) is 3.37. The SMILES string of the molecule is CNC(=O)C1CCC(c2ncc3c(N)nc(-c4ccc5cnc(-c6ccccc6)nc5c4)cn23)CC1. The molecule has 0 saturated heterocycles. The van der Waals surface area contributed by atoms with E-state index in [-0.39, 0.29) is 17.7 Å². The highest BCUT2D eigenvalue weighted by Gasteiger charge is 2.29. The molecule has 0 unspecified atom stereocenters. The summed E-state index contributed by atoms with van der Waals surface area (Å²) in [6, 6.07) is 16.0. The number of anilines is 1. The van der Waals surface area contributed by atoms with Crippen LogP contribution in [-0.4, -0.2) is 37.3 Å². The largest absolute Gasteiger partial charge is 0.382 e. The molecular weight excluding hydrogens is 450 g/mol. The molecule has 0 atom stereocenters. The fourth-order valence-electron chi connectivity index (χ4n) is 5.21. The zero-order valence-electron chi connectivity index (χ0n) is 20.1. The lowest BCUT2D eigenvalue weighted by Crippen LogP contribution is -2.30. The molecule has 1 fully saturated rings. The first-order chi connectivity index (χ1) is 17.6. The third-order valence-corrected chi connectivity index (χ3v) is 7.20. The smallest absolute Gasteiger partial charge is 0.222 e. The fraction of sp³-hybridized carbons (Fsp3) is 0.250. The van der Waals surface area contributed by atoms with Crippen molar-refractivity contribution in [3.05, 3.63) is 72.9 Å². The monoisotopic (exact) mass is 477 g/mol. The van der Waals surface area contributed by atoms with Crippen molar-refractivity contribution in [2.24, 2.45) is 5.92 Å². The topological polar surface area (TPSA) is 111 Å². The molecule has 0 bridgehead atoms. The second-order valence-corrected chi connectivity index (χ2v) is 9.38. The second-order valence-electron chi connectivity index (χ2n) is 9.38. The number of aromatic nitrogens is 5. The van der Waals surface area contributed by atoms with Crippen LogP contribution in [-0.2, 0) is 4.79 Å². The van der Waals surface area contributed by atoms with Crippen LogP contribution in [0.5, 0.6) is 0 Å². The molecule has 3 aromatic heterocycles. The summed E-state index contributed by atoms with van der Waals surface area (Å²) in [6.45, 7) is 0. The molecule has 1 aliphatic carbocycles. The number of rotatable bonds is 4. The van der Waals surface area contributed by atoms with Crippen molar-refractivity contribution in [2.75, 3.05) is 12.8 Å². The number of benzene rings is 2. The van der Waals surface area contributed by atoms with Crippen LogP contribution in [0.4, 0.5) is 5.82 Å². The summed E-state index contributed by atoms with van der Waals surface area (Å²) in [7, 11) is 1.70. The number of imidazole rings is 1. The summed E-state index contributed by atoms with van der Waals surface area (Å²) in [5.74, 6) is 2.60. The third kappa shape index (κ3) is 3.94. The third-order valence-electron chi connectivity index (χ3n) is 7.20. The Bertz CT molecular complexity index is 1570. The summed E-state index contributed by atoms with van der Waals surface area (Å²) >= 11 is 0. The summed E-state index contributed by atoms with van der Waals surface area (Å²) in [5.41, 5.74) is 10.7. The van der Waals surface area contributed by atoms with Gasteiger partial charge in [0.05, 0.1) is 17.4 Å². The van der Waals surface area contributed by atoms with Crippen molar-refractivity contribution >= 4 is 28.1 Å². The van der Waals surface area contributed by atoms with Crippen LogP contribution < -0.4 is 11.1 Å². The van der Waals surface area contributed by atoms with E-state index in [9.17, 15) is 4.79 Å². The van der Waals surface area contributed by atoms with Crippen molar-refractivity contribution in [3.8, 4) is 22.6 Å². The van der Waals surface area contributed by atoms with Crippen molar-refractivity contribution in [1.29, 1.82) is 0 Å². The number of amides is 1. The van der Waals surface area contributed by atoms with Gasteiger partial charge in [-0.15, -0.1) is 0 Å². The van der Waals surface area contributed by atoms with Crippen molar-refractivity contribution in [1.82, 2.24) is 29.7 Å². The van der Waals surface area contributed by atoms with Crippen LogP contribution in [0, 0.1) is 5.92 Å². The van der Waals surface area contributed by atoms with Gasteiger partial charge in [0, 0.05) is 47.8 Å². The first kappa shape index (κ1) is 22.2. The molecule has 0 aliphatic heterocycles. The van der Waals surface area contributed by atoms with E-state index in [2.05, 4.69) is 19.7 Å². The molecule has 6 rings (SSSR count). The van der Waals surface area contributed by atoms with Crippen LogP contribution in [0.3, 0.4) is 0 Å². The number of hydrogen-bond donors (Lipinski definition) is 2. The second kappa shape index (κ2) is 9.03. The first-order valence-corrected chi connectivity index (χ1v) is 12.3. The Morgan fingerprint density at radius 1 is 0.972 bits per heavy atom. The molecular formula is C28H27N7O. The minimum absolute atomic E-state index is 0.0835. The molecule has 3 N–H and O–H groups in total. The molecule has 0 radical (unpaired) electrons. The molecule has 36 heavy (non-hydrogen) atoms. The Kier molecular flexibility index (Phi) is 5.56. The average molecular weight is 478 g/mol. The Morgan fingerprint density at radius 3 is 2.56 bits per heavy atom. The van der Waals surface area contributed by atoms with Crippen LogP contribution >= 0.6 is 0 Å². The maximum Gasteiger partial charge on any atom is 0.222 e. The molecule has 2 aromatic carbocycles. The van der Waals surface area contributed by atoms with Crippen LogP contribution in [0.15, 0.2) is 67.1 Å². The van der Waals surface area contributed by atoms with E-state index in [4.69, 9.17) is 15.7 Å². The van der Waals surface area contributed by atoms with Gasteiger partial charge >= 0.3 is 0 Å². The van der Waals surface area contributed by atoms with E-state index in [0.29, 0.717) is 11.6 Å². The number of carbonyl (C=O) groups excluding carboxylic acids is 1. The maximum absolute atomic E-state index is 12.0. The molecule has 1 amide bonds. The number of fused-ring (bicyclic) bond motifs is 2. The normalized spacial score (nSPS) is 17.9. The minimum Gasteiger partial charge on any atom is -0.382 e. The van der Waals surface area contributed by atoms with Gasteiger partial charge in [-0.05, 0) is 31.7 Å². The van der Waals surface area contributed by atoms with Gasteiger partial charge in [0.15, 0.2) is 5.82 Å². The molecule has 1 saturated carbocycles. The van der Waals surface area contributed by atoms with Gasteiger partial charge in [-0.1, -0.05) is 42.5 Å². The minimum atomic E-state index is 0.0835. The van der Waals surface area contributed by atoms with Gasteiger partial charge in [-0.2, -0.15) is 0 Å². The highest BCUT2D eigenvalue weighted by molar-refractivity contribution is 5.85. The van der Waals surface area contributed by atoms with E-state index < -0.39 is 0 Å². The molecule has 8 heteroatoms. The summed E-state index contributed by atoms with van der Waals surface area (Å²) < 4.78 is 2.07. The van der Waals surface area contributed by atoms with E-state index in [1.54, 1.807) is 13.2 Å². The van der Waals surface area contributed by atoms with E-state index in [1.807, 2.05) is 60.9 Å². The van der Waals surface area contributed by atoms with Gasteiger partial charge in [-0.3, -0.25) is 9.20 Å². The first-order valence-electron chi connectivity index (χ1n) is 12.3. The van der Waals surface area contributed by atoms with Crippen molar-refractivity contribution in [2.45, 2.75) is 31.6 Å². The van der Waals surface area contributed by atoms with Crippen LogP contribution in [0.2, 0.25) is 0 Å². The number of nitrogen functional groups attached to an aromatic ring is 1. The number of nitrogens with one attached hydrogen (secondary N) is 1. The lowest BCUT2D eigenvalue weighted by molar-refractivity contribution is -0.125. The maximum atomic E-state index is 12.0. The molecule has 5 aromatic rings. The molecule has 180 valence electrons. The molecule has 1 aliphatic rings. The zero-order valence-corrected chi connectivity index (χ0v) is 20.1. The highest BCUT2D eigenvalue weighted by atomic mass is 16.1. The van der Waals surface area contributed by atoms with E-state index in [1.165, 1.54) is 0 Å². The molecule has 8 nitrogen and oxygen atoms in total. The Balaban J connectivity index is 1.36. The van der Waals surface area contributed by atoms with Crippen LogP contribution in [0.1, 0.15) is 37.4 Å². The summed E-state index contributed by atoms with van der Waals surface area (Å²) in [4.78, 5) is 30.8. The summed E-state index contributed by atoms with van der Waals surface area (Å²) in [6.07, 6.45) is 9.23. The van der Waals surface area contributed by atoms with E-state index in [0.717, 1.165) is 64.7 Å². The predicted octanol–water partition coefficient (Wildman–Crippen LogP) is 4.61. The Hall–Kier alpha value is -4.33. The van der Waals surface area contributed by atoms with Gasteiger partial charge in [0.2, 0.25) is 5.91 Å². The lowest BCUT2D eigenvalue weighted by Gasteiger charge is -2.26. The Labute approximate surface area is 208 Å². The van der Waals surface area contributed by atoms with E-state index >= 15 is 0 Å². The number of carbonyl (C=O) groups is 1. The standard InChI is InChI=1S/C28H27N7O/c1-30-28(36)19-9-7-18(8-10-19)27-32-15-24-25(29)33-23(16-35(24)27)20-11-12-21-14-31-26(34-22(21)13-20)17-5-3-2-4-6-17/h2-6,11-16,18-19H,7-10H2,1H3,(H2,29,33)(H,30,36). The Morgan fingerprint density at radius 2 is 1.78 bits per heavy atom. The van der Waals surface area contributed by atoms with Crippen molar-refractivity contribution in [3.63, 3.8) is 0 Å². The number of hydrogen-bond acceptors (Lipinski definition) is 6. The van der Waals surface area contributed by atoms with Crippen molar-refractivity contribution < 1.29 is 4.79 Å². The van der Waals surface area contributed by atoms with Gasteiger partial charge in [0.25, 0.3) is 0 Å². The number of nitrogens with zero attached hydrogens (tertiary/aromatic N) is 5. The van der Waals surface area contributed by atoms with Crippen LogP contribution in [0.25, 0.3) is 39.1 Å². The predicted molar refractivity (Wildman–Crippen MR) is 140 cm³/mol. The highest BCUT2D eigenvalue weighted by Crippen LogP contribution is 2.36. The van der Waals surface area contributed by atoms with Gasteiger partial charge in [0.1, 0.15) is 17.2 Å². The zero-order chi connectivity index (χ0) is 24.6. The van der Waals surface area contributed by atoms with Gasteiger partial charge < -0.3 is 11.1 Å². The summed E-state index contributed by atoms with van der Waals surface area (Å²) in [5, 5.41) is 3.74. The molecule has 0 spiro atoms. The number of nitrogens with two attached hydrogens (primary N) is 1.